The van der Waals surface area contributed by atoms with E-state index < -0.39 is 11.4 Å². The molecule has 0 unspecified atom stereocenters. The number of benzene rings is 1. The summed E-state index contributed by atoms with van der Waals surface area (Å²) in [5.74, 6) is 0.559. The van der Waals surface area contributed by atoms with Crippen LogP contribution in [-0.2, 0) is 10.2 Å². The van der Waals surface area contributed by atoms with E-state index in [9.17, 15) is 9.90 Å². The molecule has 4 nitrogen and oxygen atoms in total. The van der Waals surface area contributed by atoms with Crippen LogP contribution in [0.15, 0.2) is 17.0 Å². The summed E-state index contributed by atoms with van der Waals surface area (Å²) in [6.45, 7) is 0. The van der Waals surface area contributed by atoms with Crippen LogP contribution >= 0.6 is 11.8 Å². The molecule has 0 bridgehead atoms. The van der Waals surface area contributed by atoms with Crippen molar-refractivity contribution >= 4 is 17.7 Å². The van der Waals surface area contributed by atoms with Gasteiger partial charge in [0.2, 0.25) is 0 Å². The Morgan fingerprint density at radius 3 is 2.39 bits per heavy atom. The van der Waals surface area contributed by atoms with Gasteiger partial charge in [-0.3, -0.25) is 4.79 Å². The van der Waals surface area contributed by atoms with Crippen LogP contribution in [0.25, 0.3) is 0 Å². The molecule has 1 aliphatic carbocycles. The molecule has 0 aromatic heterocycles. The average molecular weight is 268 g/mol. The van der Waals surface area contributed by atoms with E-state index in [1.807, 2.05) is 12.3 Å². The highest BCUT2D eigenvalue weighted by molar-refractivity contribution is 7.98. The van der Waals surface area contributed by atoms with Gasteiger partial charge in [-0.1, -0.05) is 6.07 Å². The van der Waals surface area contributed by atoms with Crippen molar-refractivity contribution in [1.29, 1.82) is 0 Å². The van der Waals surface area contributed by atoms with E-state index in [0.717, 1.165) is 10.5 Å². The molecule has 1 aromatic carbocycles. The fraction of sp³-hybridized carbons (Fsp3) is 0.462. The van der Waals surface area contributed by atoms with Crippen molar-refractivity contribution in [3.8, 4) is 11.5 Å². The third kappa shape index (κ3) is 1.82. The smallest absolute Gasteiger partial charge is 0.314 e. The highest BCUT2D eigenvalue weighted by Gasteiger charge is 2.53. The van der Waals surface area contributed by atoms with Crippen molar-refractivity contribution in [2.24, 2.45) is 0 Å². The van der Waals surface area contributed by atoms with E-state index in [1.54, 1.807) is 20.3 Å². The van der Waals surface area contributed by atoms with Crippen LogP contribution in [0.3, 0.4) is 0 Å². The Morgan fingerprint density at radius 2 is 2.00 bits per heavy atom. The maximum atomic E-state index is 11.4. The maximum Gasteiger partial charge on any atom is 0.314 e. The van der Waals surface area contributed by atoms with Crippen LogP contribution in [0.1, 0.15) is 18.4 Å². The normalized spacial score (nSPS) is 16.2. The summed E-state index contributed by atoms with van der Waals surface area (Å²) in [6, 6.07) is 3.62. The molecule has 0 atom stereocenters. The Kier molecular flexibility index (Phi) is 3.43. The number of hydrogen-bond acceptors (Lipinski definition) is 4. The van der Waals surface area contributed by atoms with Crippen molar-refractivity contribution in [1.82, 2.24) is 0 Å². The van der Waals surface area contributed by atoms with Gasteiger partial charge < -0.3 is 14.6 Å². The van der Waals surface area contributed by atoms with Gasteiger partial charge in [0.25, 0.3) is 0 Å². The Bertz CT molecular complexity index is 480. The zero-order valence-corrected chi connectivity index (χ0v) is 11.5. The van der Waals surface area contributed by atoms with E-state index in [0.29, 0.717) is 24.3 Å². The highest BCUT2D eigenvalue weighted by Crippen LogP contribution is 2.54. The number of carboxylic acids is 1. The molecule has 0 heterocycles. The molecular weight excluding hydrogens is 252 g/mol. The fourth-order valence-corrected chi connectivity index (χ4v) is 2.93. The minimum atomic E-state index is -0.780. The number of ether oxygens (including phenoxy) is 2. The summed E-state index contributed by atoms with van der Waals surface area (Å²) in [5, 5.41) is 9.37. The molecule has 1 N–H and O–H groups in total. The van der Waals surface area contributed by atoms with Gasteiger partial charge in [0.1, 0.15) is 11.5 Å². The van der Waals surface area contributed by atoms with Crippen molar-refractivity contribution in [2.75, 3.05) is 20.5 Å². The second kappa shape index (κ2) is 4.72. The topological polar surface area (TPSA) is 55.8 Å². The first-order valence-corrected chi connectivity index (χ1v) is 6.86. The zero-order chi connectivity index (χ0) is 13.3. The Hall–Kier alpha value is -1.36. The van der Waals surface area contributed by atoms with E-state index in [4.69, 9.17) is 9.47 Å². The molecule has 1 fully saturated rings. The summed E-state index contributed by atoms with van der Waals surface area (Å²) in [7, 11) is 3.16. The lowest BCUT2D eigenvalue weighted by Gasteiger charge is -2.19. The van der Waals surface area contributed by atoms with Crippen molar-refractivity contribution < 1.29 is 19.4 Å². The van der Waals surface area contributed by atoms with Crippen molar-refractivity contribution in [3.63, 3.8) is 0 Å². The molecule has 1 aliphatic rings. The molecule has 1 saturated carbocycles. The maximum absolute atomic E-state index is 11.4. The van der Waals surface area contributed by atoms with Gasteiger partial charge in [-0.05, 0) is 25.2 Å². The molecule has 5 heteroatoms. The predicted molar refractivity (Wildman–Crippen MR) is 69.9 cm³/mol. The third-order valence-corrected chi connectivity index (χ3v) is 4.17. The molecule has 98 valence electrons. The fourth-order valence-electron chi connectivity index (χ4n) is 2.20. The number of hydrogen-bond donors (Lipinski definition) is 1. The van der Waals surface area contributed by atoms with Gasteiger partial charge >= 0.3 is 5.97 Å². The molecule has 0 aliphatic heterocycles. The first-order valence-electron chi connectivity index (χ1n) is 5.63. The van der Waals surface area contributed by atoms with Gasteiger partial charge in [0.05, 0.1) is 24.5 Å². The largest absolute Gasteiger partial charge is 0.495 e. The molecule has 0 radical (unpaired) electrons. The molecular formula is C13H16O4S. The number of thioether (sulfide) groups is 1. The molecule has 0 saturated heterocycles. The lowest BCUT2D eigenvalue weighted by Crippen LogP contribution is -2.20. The van der Waals surface area contributed by atoms with Crippen LogP contribution in [0.4, 0.5) is 0 Å². The summed E-state index contributed by atoms with van der Waals surface area (Å²) in [4.78, 5) is 12.3. The second-order valence-corrected chi connectivity index (χ2v) is 5.09. The molecule has 0 spiro atoms. The summed E-state index contributed by atoms with van der Waals surface area (Å²) in [6.07, 6.45) is 3.25. The SMILES string of the molecule is COc1ccc(C2(C(=O)O)CC2)c(OC)c1SC. The van der Waals surface area contributed by atoms with E-state index >= 15 is 0 Å². The lowest BCUT2D eigenvalue weighted by molar-refractivity contribution is -0.140. The molecule has 18 heavy (non-hydrogen) atoms. The van der Waals surface area contributed by atoms with Crippen LogP contribution in [0.5, 0.6) is 11.5 Å². The van der Waals surface area contributed by atoms with Gasteiger partial charge in [-0.15, -0.1) is 11.8 Å². The van der Waals surface area contributed by atoms with Crippen molar-refractivity contribution in [2.45, 2.75) is 23.2 Å². The standard InChI is InChI=1S/C13H16O4S/c1-16-9-5-4-8(10(17-2)11(9)18-3)13(6-7-13)12(14)15/h4-5H,6-7H2,1-3H3,(H,14,15). The third-order valence-electron chi connectivity index (χ3n) is 3.38. The van der Waals surface area contributed by atoms with E-state index in [1.165, 1.54) is 11.8 Å². The summed E-state index contributed by atoms with van der Waals surface area (Å²) in [5.41, 5.74) is -0.00936. The van der Waals surface area contributed by atoms with Crippen LogP contribution in [0.2, 0.25) is 0 Å². The van der Waals surface area contributed by atoms with E-state index in [2.05, 4.69) is 0 Å². The average Bonchev–Trinajstić information content (AvgIpc) is 3.18. The Morgan fingerprint density at radius 1 is 1.33 bits per heavy atom. The van der Waals surface area contributed by atoms with Crippen LogP contribution in [0, 0.1) is 0 Å². The van der Waals surface area contributed by atoms with Gasteiger partial charge in [0, 0.05) is 5.56 Å². The number of carboxylic acid groups (broad SMARTS) is 1. The highest BCUT2D eigenvalue weighted by atomic mass is 32.2. The van der Waals surface area contributed by atoms with Crippen LogP contribution in [-0.4, -0.2) is 31.6 Å². The molecule has 0 amide bonds. The number of carbonyl (C=O) groups is 1. The Balaban J connectivity index is 2.59. The Labute approximate surface area is 110 Å². The van der Waals surface area contributed by atoms with E-state index in [-0.39, 0.29) is 0 Å². The second-order valence-electron chi connectivity index (χ2n) is 4.27. The first-order chi connectivity index (χ1) is 8.60. The quantitative estimate of drug-likeness (QED) is 0.832. The minimum Gasteiger partial charge on any atom is -0.495 e. The summed E-state index contributed by atoms with van der Waals surface area (Å²) >= 11 is 1.50. The number of rotatable bonds is 5. The molecule has 1 aromatic rings. The van der Waals surface area contributed by atoms with Gasteiger partial charge in [0.15, 0.2) is 0 Å². The zero-order valence-electron chi connectivity index (χ0n) is 10.6. The minimum absolute atomic E-state index is 0.627. The number of methoxy groups -OCH3 is 2. The van der Waals surface area contributed by atoms with Gasteiger partial charge in [-0.2, -0.15) is 0 Å². The number of aliphatic carboxylic acids is 1. The monoisotopic (exact) mass is 268 g/mol. The first kappa shape index (κ1) is 13.1. The predicted octanol–water partition coefficient (Wildman–Crippen LogP) is 2.54. The molecule has 2 rings (SSSR count). The van der Waals surface area contributed by atoms with Gasteiger partial charge in [-0.25, -0.2) is 0 Å². The van der Waals surface area contributed by atoms with Crippen molar-refractivity contribution in [3.05, 3.63) is 17.7 Å². The van der Waals surface area contributed by atoms with Crippen LogP contribution < -0.4 is 9.47 Å². The lowest BCUT2D eigenvalue weighted by atomic mass is 9.95. The summed E-state index contributed by atoms with van der Waals surface area (Å²) < 4.78 is 10.7.